The van der Waals surface area contributed by atoms with Crippen LogP contribution in [0.25, 0.3) is 0 Å². The minimum absolute atomic E-state index is 0.387. The van der Waals surface area contributed by atoms with Gasteiger partial charge in [0, 0.05) is 18.0 Å². The zero-order chi connectivity index (χ0) is 10.8. The molecule has 1 aromatic rings. The van der Waals surface area contributed by atoms with Crippen LogP contribution >= 0.6 is 11.6 Å². The van der Waals surface area contributed by atoms with E-state index in [-0.39, 0.29) is 0 Å². The minimum Gasteiger partial charge on any atom is -0.492 e. The van der Waals surface area contributed by atoms with Gasteiger partial charge in [-0.15, -0.1) is 0 Å². The number of ether oxygens (including phenoxy) is 1. The molecule has 1 aliphatic rings. The summed E-state index contributed by atoms with van der Waals surface area (Å²) in [6.07, 6.45) is 1.02. The minimum atomic E-state index is 0.387. The van der Waals surface area contributed by atoms with Crippen LogP contribution in [0.3, 0.4) is 0 Å². The van der Waals surface area contributed by atoms with Crippen molar-refractivity contribution in [3.05, 3.63) is 28.3 Å². The zero-order valence-corrected chi connectivity index (χ0v) is 9.90. The lowest BCUT2D eigenvalue weighted by atomic mass is 9.96. The predicted octanol–water partition coefficient (Wildman–Crippen LogP) is 3.08. The van der Waals surface area contributed by atoms with E-state index in [9.17, 15) is 0 Å². The van der Waals surface area contributed by atoms with Crippen molar-refractivity contribution in [2.24, 2.45) is 0 Å². The molecule has 3 heteroatoms. The first kappa shape index (κ1) is 10.8. The molecule has 1 heterocycles. The smallest absolute Gasteiger partial charge is 0.142 e. The van der Waals surface area contributed by atoms with Crippen molar-refractivity contribution < 1.29 is 4.74 Å². The second kappa shape index (κ2) is 4.42. The highest BCUT2D eigenvalue weighted by Crippen LogP contribution is 2.39. The summed E-state index contributed by atoms with van der Waals surface area (Å²) in [7, 11) is 0. The average Bonchev–Trinajstić information content (AvgIpc) is 2.24. The molecule has 0 saturated heterocycles. The van der Waals surface area contributed by atoms with E-state index in [1.54, 1.807) is 0 Å². The first-order valence-electron chi connectivity index (χ1n) is 5.39. The van der Waals surface area contributed by atoms with E-state index in [1.165, 1.54) is 11.1 Å². The van der Waals surface area contributed by atoms with Gasteiger partial charge in [0.25, 0.3) is 0 Å². The third kappa shape index (κ3) is 1.97. The van der Waals surface area contributed by atoms with Gasteiger partial charge < -0.3 is 10.1 Å². The van der Waals surface area contributed by atoms with Crippen molar-refractivity contribution >= 4 is 11.6 Å². The highest BCUT2D eigenvalue weighted by molar-refractivity contribution is 6.32. The summed E-state index contributed by atoms with van der Waals surface area (Å²) in [5.41, 5.74) is 2.48. The first-order valence-corrected chi connectivity index (χ1v) is 5.77. The van der Waals surface area contributed by atoms with E-state index in [0.717, 1.165) is 30.3 Å². The molecule has 0 aromatic heterocycles. The Morgan fingerprint density at radius 2 is 2.33 bits per heavy atom. The Hall–Kier alpha value is -0.730. The summed E-state index contributed by atoms with van der Waals surface area (Å²) in [5, 5.41) is 4.19. The van der Waals surface area contributed by atoms with Gasteiger partial charge in [0.1, 0.15) is 5.75 Å². The van der Waals surface area contributed by atoms with Crippen LogP contribution in [0.1, 0.15) is 30.5 Å². The van der Waals surface area contributed by atoms with Gasteiger partial charge in [0.15, 0.2) is 0 Å². The lowest BCUT2D eigenvalue weighted by molar-refractivity contribution is 0.253. The Balaban J connectivity index is 2.45. The molecule has 0 spiro atoms. The summed E-state index contributed by atoms with van der Waals surface area (Å²) in [6, 6.07) is 4.35. The lowest BCUT2D eigenvalue weighted by Gasteiger charge is -2.28. The second-order valence-electron chi connectivity index (χ2n) is 3.85. The lowest BCUT2D eigenvalue weighted by Crippen LogP contribution is -2.27. The van der Waals surface area contributed by atoms with E-state index in [4.69, 9.17) is 16.3 Å². The molecule has 0 fully saturated rings. The molecule has 1 atom stereocenters. The molecule has 0 saturated carbocycles. The average molecular weight is 226 g/mol. The summed E-state index contributed by atoms with van der Waals surface area (Å²) in [4.78, 5) is 0. The number of aryl methyl sites for hydroxylation is 1. The van der Waals surface area contributed by atoms with Crippen LogP contribution in [-0.4, -0.2) is 13.2 Å². The van der Waals surface area contributed by atoms with Gasteiger partial charge in [-0.05, 0) is 25.1 Å². The molecule has 2 nitrogen and oxygen atoms in total. The van der Waals surface area contributed by atoms with Crippen molar-refractivity contribution in [3.8, 4) is 5.75 Å². The SMILES string of the molecule is CCNC1CCOc2c(Cl)ccc(C)c21. The third-order valence-corrected chi connectivity index (χ3v) is 3.12. The van der Waals surface area contributed by atoms with Gasteiger partial charge >= 0.3 is 0 Å². The van der Waals surface area contributed by atoms with Crippen LogP contribution in [0.15, 0.2) is 12.1 Å². The van der Waals surface area contributed by atoms with E-state index < -0.39 is 0 Å². The Bertz CT molecular complexity index is 365. The van der Waals surface area contributed by atoms with Crippen molar-refractivity contribution in [2.75, 3.05) is 13.2 Å². The fraction of sp³-hybridized carbons (Fsp3) is 0.500. The molecule has 1 N–H and O–H groups in total. The topological polar surface area (TPSA) is 21.3 Å². The number of hydrogen-bond acceptors (Lipinski definition) is 2. The molecule has 15 heavy (non-hydrogen) atoms. The molecule has 1 aromatic carbocycles. The van der Waals surface area contributed by atoms with E-state index in [0.29, 0.717) is 6.04 Å². The molecule has 1 aliphatic heterocycles. The number of halogens is 1. The molecular formula is C12H16ClNO. The van der Waals surface area contributed by atoms with Gasteiger partial charge in [-0.3, -0.25) is 0 Å². The maximum atomic E-state index is 6.13. The second-order valence-corrected chi connectivity index (χ2v) is 4.26. The normalized spacial score (nSPS) is 19.5. The van der Waals surface area contributed by atoms with Crippen LogP contribution < -0.4 is 10.1 Å². The van der Waals surface area contributed by atoms with E-state index in [1.807, 2.05) is 6.07 Å². The zero-order valence-electron chi connectivity index (χ0n) is 9.14. The van der Waals surface area contributed by atoms with Gasteiger partial charge in [-0.2, -0.15) is 0 Å². The number of rotatable bonds is 2. The van der Waals surface area contributed by atoms with Gasteiger partial charge in [0.2, 0.25) is 0 Å². The van der Waals surface area contributed by atoms with Crippen LogP contribution in [0, 0.1) is 6.92 Å². The summed E-state index contributed by atoms with van der Waals surface area (Å²) in [5.74, 6) is 0.869. The van der Waals surface area contributed by atoms with Crippen molar-refractivity contribution in [1.29, 1.82) is 0 Å². The molecular weight excluding hydrogens is 210 g/mol. The van der Waals surface area contributed by atoms with Crippen LogP contribution in [0.5, 0.6) is 5.75 Å². The fourth-order valence-electron chi connectivity index (χ4n) is 2.12. The number of hydrogen-bond donors (Lipinski definition) is 1. The number of fused-ring (bicyclic) bond motifs is 1. The monoisotopic (exact) mass is 225 g/mol. The third-order valence-electron chi connectivity index (χ3n) is 2.82. The largest absolute Gasteiger partial charge is 0.492 e. The molecule has 0 amide bonds. The maximum Gasteiger partial charge on any atom is 0.142 e. The number of nitrogens with one attached hydrogen (secondary N) is 1. The van der Waals surface area contributed by atoms with Gasteiger partial charge in [0.05, 0.1) is 11.6 Å². The Morgan fingerprint density at radius 1 is 1.53 bits per heavy atom. The van der Waals surface area contributed by atoms with Crippen molar-refractivity contribution in [2.45, 2.75) is 26.3 Å². The van der Waals surface area contributed by atoms with Crippen LogP contribution in [0.2, 0.25) is 5.02 Å². The van der Waals surface area contributed by atoms with Crippen LogP contribution in [0.4, 0.5) is 0 Å². The fourth-order valence-corrected chi connectivity index (χ4v) is 2.34. The Kier molecular flexibility index (Phi) is 3.17. The van der Waals surface area contributed by atoms with Crippen molar-refractivity contribution in [1.82, 2.24) is 5.32 Å². The molecule has 0 bridgehead atoms. The first-order chi connectivity index (χ1) is 7.24. The molecule has 0 aliphatic carbocycles. The van der Waals surface area contributed by atoms with Crippen molar-refractivity contribution in [3.63, 3.8) is 0 Å². The summed E-state index contributed by atoms with van der Waals surface area (Å²) in [6.45, 7) is 5.94. The quantitative estimate of drug-likeness (QED) is 0.835. The Morgan fingerprint density at radius 3 is 3.07 bits per heavy atom. The molecule has 0 radical (unpaired) electrons. The van der Waals surface area contributed by atoms with Gasteiger partial charge in [-0.25, -0.2) is 0 Å². The number of benzene rings is 1. The highest BCUT2D eigenvalue weighted by atomic mass is 35.5. The summed E-state index contributed by atoms with van der Waals surface area (Å²) < 4.78 is 5.64. The maximum absolute atomic E-state index is 6.13. The highest BCUT2D eigenvalue weighted by Gasteiger charge is 2.24. The van der Waals surface area contributed by atoms with E-state index in [2.05, 4.69) is 25.2 Å². The predicted molar refractivity (Wildman–Crippen MR) is 62.7 cm³/mol. The molecule has 1 unspecified atom stereocenters. The Labute approximate surface area is 95.6 Å². The molecule has 2 rings (SSSR count). The summed E-state index contributed by atoms with van der Waals surface area (Å²) >= 11 is 6.13. The van der Waals surface area contributed by atoms with Crippen LogP contribution in [-0.2, 0) is 0 Å². The standard InChI is InChI=1S/C12H16ClNO/c1-3-14-10-6-7-15-12-9(13)5-4-8(2)11(10)12/h4-5,10,14H,3,6-7H2,1-2H3. The van der Waals surface area contributed by atoms with Gasteiger partial charge in [-0.1, -0.05) is 24.6 Å². The molecule has 82 valence electrons. The van der Waals surface area contributed by atoms with E-state index >= 15 is 0 Å².